The minimum absolute atomic E-state index is 1.21. The number of benzene rings is 11. The Bertz CT molecular complexity index is 3200. The number of rotatable bonds is 6. The van der Waals surface area contributed by atoms with Crippen molar-refractivity contribution < 1.29 is 0 Å². The van der Waals surface area contributed by atoms with E-state index >= 15 is 0 Å². The van der Waals surface area contributed by atoms with Crippen LogP contribution >= 0.6 is 0 Å². The molecule has 0 atom stereocenters. The topological polar surface area (TPSA) is 0 Å². The van der Waals surface area contributed by atoms with Gasteiger partial charge in [0.25, 0.3) is 0 Å². The predicted molar refractivity (Wildman–Crippen MR) is 249 cm³/mol. The van der Waals surface area contributed by atoms with E-state index in [1.807, 2.05) is 0 Å². The third kappa shape index (κ3) is 6.04. The molecule has 0 unspecified atom stereocenters. The van der Waals surface area contributed by atoms with Gasteiger partial charge < -0.3 is 0 Å². The van der Waals surface area contributed by atoms with Crippen LogP contribution in [0.2, 0.25) is 0 Å². The maximum atomic E-state index is 2.39. The van der Waals surface area contributed by atoms with E-state index in [0.29, 0.717) is 0 Å². The van der Waals surface area contributed by atoms with Gasteiger partial charge in [-0.3, -0.25) is 0 Å². The quantitative estimate of drug-likeness (QED) is 0.149. The fourth-order valence-corrected chi connectivity index (χ4v) is 8.95. The van der Waals surface area contributed by atoms with Crippen molar-refractivity contribution in [2.75, 3.05) is 0 Å². The number of fused-ring (bicyclic) bond motifs is 4. The Morgan fingerprint density at radius 1 is 0.155 bits per heavy atom. The van der Waals surface area contributed by atoms with Crippen LogP contribution in [0.5, 0.6) is 0 Å². The summed E-state index contributed by atoms with van der Waals surface area (Å²) >= 11 is 0. The SMILES string of the molecule is c1ccc(-c2cc(-c3ccccc3)cc(-c3c4ccccc4c(-c4ccc5ccc(-c6cccc(-c7ccc8ccccc8c7)c6)cc5c4)c4ccccc34)c2)cc1. The first-order valence-corrected chi connectivity index (χ1v) is 20.1. The molecule has 0 bridgehead atoms. The predicted octanol–water partition coefficient (Wildman–Crippen LogP) is 16.3. The Kier molecular flexibility index (Phi) is 8.26. The summed E-state index contributed by atoms with van der Waals surface area (Å²) in [5, 5.41) is 9.98. The average molecular weight is 735 g/mol. The van der Waals surface area contributed by atoms with Crippen molar-refractivity contribution >= 4 is 43.1 Å². The molecule has 0 N–H and O–H groups in total. The standard InChI is InChI=1S/C58H38/c1-3-14-39(15-4-1)50-36-51(40-16-5-2-6-17-40)38-52(37-50)58-55-24-11-9-22-53(55)57(54-23-10-12-25-56(54)58)48-31-28-42-27-30-47(34-49(42)35-48)45-21-13-20-44(33-45)46-29-26-41-18-7-8-19-43(41)32-46/h1-38H. The van der Waals surface area contributed by atoms with Gasteiger partial charge in [0.05, 0.1) is 0 Å². The first-order chi connectivity index (χ1) is 28.7. The van der Waals surface area contributed by atoms with Crippen LogP contribution in [0.15, 0.2) is 231 Å². The molecule has 270 valence electrons. The lowest BCUT2D eigenvalue weighted by Gasteiger charge is -2.19. The van der Waals surface area contributed by atoms with E-state index in [0.717, 1.165) is 0 Å². The van der Waals surface area contributed by atoms with Gasteiger partial charge in [0.15, 0.2) is 0 Å². The van der Waals surface area contributed by atoms with Gasteiger partial charge in [-0.05, 0) is 152 Å². The van der Waals surface area contributed by atoms with Crippen LogP contribution in [-0.4, -0.2) is 0 Å². The second-order valence-electron chi connectivity index (χ2n) is 15.3. The largest absolute Gasteiger partial charge is 0.0622 e. The van der Waals surface area contributed by atoms with Crippen LogP contribution in [-0.2, 0) is 0 Å². The van der Waals surface area contributed by atoms with Crippen molar-refractivity contribution in [2.24, 2.45) is 0 Å². The molecular weight excluding hydrogens is 697 g/mol. The molecule has 0 nitrogen and oxygen atoms in total. The molecular formula is C58H38. The van der Waals surface area contributed by atoms with Gasteiger partial charge in [0, 0.05) is 0 Å². The van der Waals surface area contributed by atoms with Gasteiger partial charge in [-0.1, -0.05) is 188 Å². The minimum atomic E-state index is 1.21. The van der Waals surface area contributed by atoms with Crippen molar-refractivity contribution in [1.29, 1.82) is 0 Å². The zero-order chi connectivity index (χ0) is 38.4. The van der Waals surface area contributed by atoms with E-state index in [-0.39, 0.29) is 0 Å². The van der Waals surface area contributed by atoms with Crippen LogP contribution in [0, 0.1) is 0 Å². The summed E-state index contributed by atoms with van der Waals surface area (Å²) in [7, 11) is 0. The van der Waals surface area contributed by atoms with Crippen LogP contribution in [0.3, 0.4) is 0 Å². The van der Waals surface area contributed by atoms with E-state index in [1.165, 1.54) is 110 Å². The maximum absolute atomic E-state index is 2.39. The summed E-state index contributed by atoms with van der Waals surface area (Å²) in [4.78, 5) is 0. The molecule has 0 amide bonds. The molecule has 0 fully saturated rings. The van der Waals surface area contributed by atoms with Crippen LogP contribution in [0.1, 0.15) is 0 Å². The lowest BCUT2D eigenvalue weighted by Crippen LogP contribution is -1.92. The molecule has 0 saturated carbocycles. The van der Waals surface area contributed by atoms with Gasteiger partial charge in [-0.2, -0.15) is 0 Å². The maximum Gasteiger partial charge on any atom is -0.00259 e. The zero-order valence-electron chi connectivity index (χ0n) is 31.9. The van der Waals surface area contributed by atoms with E-state index in [2.05, 4.69) is 231 Å². The Labute approximate surface area is 339 Å². The molecule has 0 heterocycles. The van der Waals surface area contributed by atoms with Crippen molar-refractivity contribution in [3.8, 4) is 66.8 Å². The van der Waals surface area contributed by atoms with Gasteiger partial charge >= 0.3 is 0 Å². The molecule has 0 aliphatic rings. The highest BCUT2D eigenvalue weighted by Gasteiger charge is 2.18. The van der Waals surface area contributed by atoms with Crippen LogP contribution < -0.4 is 0 Å². The molecule has 0 aromatic heterocycles. The van der Waals surface area contributed by atoms with Crippen molar-refractivity contribution in [3.63, 3.8) is 0 Å². The van der Waals surface area contributed by atoms with E-state index in [1.54, 1.807) is 0 Å². The van der Waals surface area contributed by atoms with Gasteiger partial charge in [0.2, 0.25) is 0 Å². The lowest BCUT2D eigenvalue weighted by atomic mass is 9.84. The highest BCUT2D eigenvalue weighted by molar-refractivity contribution is 6.22. The average Bonchev–Trinajstić information content (AvgIpc) is 3.30. The molecule has 58 heavy (non-hydrogen) atoms. The summed E-state index contributed by atoms with van der Waals surface area (Å²) in [5.74, 6) is 0. The van der Waals surface area contributed by atoms with E-state index in [4.69, 9.17) is 0 Å². The number of hydrogen-bond donors (Lipinski definition) is 0. The Hall–Kier alpha value is -7.54. The molecule has 11 aromatic rings. The zero-order valence-corrected chi connectivity index (χ0v) is 31.9. The highest BCUT2D eigenvalue weighted by Crippen LogP contribution is 2.46. The Balaban J connectivity index is 1.07. The normalized spacial score (nSPS) is 11.4. The van der Waals surface area contributed by atoms with E-state index < -0.39 is 0 Å². The first kappa shape index (κ1) is 33.8. The van der Waals surface area contributed by atoms with Gasteiger partial charge in [-0.25, -0.2) is 0 Å². The molecule has 11 aromatic carbocycles. The molecule has 11 rings (SSSR count). The Morgan fingerprint density at radius 3 is 1.05 bits per heavy atom. The van der Waals surface area contributed by atoms with E-state index in [9.17, 15) is 0 Å². The first-order valence-electron chi connectivity index (χ1n) is 20.1. The highest BCUT2D eigenvalue weighted by atomic mass is 14.2. The monoisotopic (exact) mass is 734 g/mol. The van der Waals surface area contributed by atoms with Crippen molar-refractivity contribution in [2.45, 2.75) is 0 Å². The fourth-order valence-electron chi connectivity index (χ4n) is 8.95. The molecule has 0 aliphatic carbocycles. The van der Waals surface area contributed by atoms with Gasteiger partial charge in [-0.15, -0.1) is 0 Å². The Morgan fingerprint density at radius 2 is 0.500 bits per heavy atom. The van der Waals surface area contributed by atoms with Crippen molar-refractivity contribution in [1.82, 2.24) is 0 Å². The number of hydrogen-bond acceptors (Lipinski definition) is 0. The second-order valence-corrected chi connectivity index (χ2v) is 15.3. The molecule has 0 heteroatoms. The molecule has 0 radical (unpaired) electrons. The van der Waals surface area contributed by atoms with Crippen molar-refractivity contribution in [3.05, 3.63) is 231 Å². The molecule has 0 saturated heterocycles. The second kappa shape index (κ2) is 14.2. The fraction of sp³-hybridized carbons (Fsp3) is 0. The summed E-state index contributed by atoms with van der Waals surface area (Å²) in [5.41, 5.74) is 14.7. The summed E-state index contributed by atoms with van der Waals surface area (Å²) in [6.07, 6.45) is 0. The third-order valence-electron chi connectivity index (χ3n) is 11.8. The summed E-state index contributed by atoms with van der Waals surface area (Å²) < 4.78 is 0. The molecule has 0 spiro atoms. The lowest BCUT2D eigenvalue weighted by molar-refractivity contribution is 1.58. The summed E-state index contributed by atoms with van der Waals surface area (Å²) in [6, 6.07) is 84.7. The third-order valence-corrected chi connectivity index (χ3v) is 11.8. The summed E-state index contributed by atoms with van der Waals surface area (Å²) in [6.45, 7) is 0. The molecule has 0 aliphatic heterocycles. The minimum Gasteiger partial charge on any atom is -0.0622 e. The van der Waals surface area contributed by atoms with Crippen LogP contribution in [0.4, 0.5) is 0 Å². The van der Waals surface area contributed by atoms with Gasteiger partial charge in [0.1, 0.15) is 0 Å². The van der Waals surface area contributed by atoms with Crippen LogP contribution in [0.25, 0.3) is 110 Å². The smallest absolute Gasteiger partial charge is 0.00259 e.